The summed E-state index contributed by atoms with van der Waals surface area (Å²) in [4.78, 5) is 9.44. The van der Waals surface area contributed by atoms with E-state index in [1.165, 1.54) is 31.2 Å². The minimum Gasteiger partial charge on any atom is -0.313 e. The Labute approximate surface area is 104 Å². The number of rotatable bonds is 4. The maximum atomic E-state index is 4.72. The summed E-state index contributed by atoms with van der Waals surface area (Å²) < 4.78 is 0. The molecule has 0 spiro atoms. The Morgan fingerprint density at radius 1 is 1.12 bits per heavy atom. The first-order chi connectivity index (χ1) is 8.22. The predicted molar refractivity (Wildman–Crippen MR) is 70.1 cm³/mol. The Morgan fingerprint density at radius 3 is 2.24 bits per heavy atom. The van der Waals surface area contributed by atoms with Gasteiger partial charge < -0.3 is 5.32 Å². The molecular formula is C14H23N3. The fourth-order valence-electron chi connectivity index (χ4n) is 2.64. The first-order valence-corrected chi connectivity index (χ1v) is 6.77. The maximum absolute atomic E-state index is 4.72. The van der Waals surface area contributed by atoms with Gasteiger partial charge in [0, 0.05) is 29.4 Å². The van der Waals surface area contributed by atoms with Crippen LogP contribution in [0.15, 0.2) is 0 Å². The van der Waals surface area contributed by atoms with Crippen molar-refractivity contribution in [1.82, 2.24) is 15.3 Å². The second kappa shape index (κ2) is 5.58. The van der Waals surface area contributed by atoms with Crippen LogP contribution in [0.2, 0.25) is 0 Å². The van der Waals surface area contributed by atoms with E-state index in [0.29, 0.717) is 5.92 Å². The molecule has 0 atom stereocenters. The van der Waals surface area contributed by atoms with Crippen molar-refractivity contribution in [2.45, 2.75) is 58.9 Å². The van der Waals surface area contributed by atoms with E-state index in [9.17, 15) is 0 Å². The zero-order chi connectivity index (χ0) is 12.3. The molecule has 0 aromatic carbocycles. The highest BCUT2D eigenvalue weighted by atomic mass is 14.9. The van der Waals surface area contributed by atoms with Crippen molar-refractivity contribution in [1.29, 1.82) is 0 Å². The molecule has 1 heterocycles. The van der Waals surface area contributed by atoms with Gasteiger partial charge in [0.1, 0.15) is 5.82 Å². The molecule has 0 aliphatic heterocycles. The summed E-state index contributed by atoms with van der Waals surface area (Å²) in [5, 5.41) is 3.36. The van der Waals surface area contributed by atoms with Crippen LogP contribution >= 0.6 is 0 Å². The van der Waals surface area contributed by atoms with E-state index in [4.69, 9.17) is 9.97 Å². The molecule has 1 saturated carbocycles. The van der Waals surface area contributed by atoms with Crippen LogP contribution in [-0.4, -0.2) is 16.5 Å². The van der Waals surface area contributed by atoms with Crippen LogP contribution in [0.1, 0.15) is 61.3 Å². The van der Waals surface area contributed by atoms with Crippen molar-refractivity contribution in [3.05, 3.63) is 22.8 Å². The van der Waals surface area contributed by atoms with Crippen LogP contribution in [0.4, 0.5) is 0 Å². The number of hydrogen-bond donors (Lipinski definition) is 1. The lowest BCUT2D eigenvalue weighted by Gasteiger charge is -2.14. The number of hydrogen-bond acceptors (Lipinski definition) is 3. The summed E-state index contributed by atoms with van der Waals surface area (Å²) in [6.07, 6.45) is 5.22. The quantitative estimate of drug-likeness (QED) is 0.869. The molecule has 0 unspecified atom stereocenters. The summed E-state index contributed by atoms with van der Waals surface area (Å²) in [6, 6.07) is 0. The van der Waals surface area contributed by atoms with Gasteiger partial charge >= 0.3 is 0 Å². The molecule has 0 saturated heterocycles. The van der Waals surface area contributed by atoms with Gasteiger partial charge in [-0.05, 0) is 33.2 Å². The highest BCUT2D eigenvalue weighted by Crippen LogP contribution is 2.32. The summed E-state index contributed by atoms with van der Waals surface area (Å²) in [6.45, 7) is 8.22. The van der Waals surface area contributed by atoms with Crippen LogP contribution < -0.4 is 5.32 Å². The van der Waals surface area contributed by atoms with Crippen LogP contribution in [0.3, 0.4) is 0 Å². The molecule has 1 aliphatic carbocycles. The average Bonchev–Trinajstić information content (AvgIpc) is 2.81. The standard InChI is InChI=1S/C14H23N3/c1-4-15-9-13-10(2)16-14(17-11(13)3)12-7-5-6-8-12/h12,15H,4-9H2,1-3H3. The second-order valence-electron chi connectivity index (χ2n) is 4.99. The Hall–Kier alpha value is -0.960. The molecule has 94 valence electrons. The summed E-state index contributed by atoms with van der Waals surface area (Å²) in [7, 11) is 0. The first kappa shape index (κ1) is 12.5. The van der Waals surface area contributed by atoms with Crippen molar-refractivity contribution in [3.8, 4) is 0 Å². The van der Waals surface area contributed by atoms with Crippen LogP contribution in [0.25, 0.3) is 0 Å². The van der Waals surface area contributed by atoms with Gasteiger partial charge in [0.05, 0.1) is 0 Å². The van der Waals surface area contributed by atoms with Gasteiger partial charge in [-0.1, -0.05) is 19.8 Å². The average molecular weight is 233 g/mol. The highest BCUT2D eigenvalue weighted by molar-refractivity contribution is 5.25. The van der Waals surface area contributed by atoms with Crippen LogP contribution in [0.5, 0.6) is 0 Å². The van der Waals surface area contributed by atoms with Crippen molar-refractivity contribution in [3.63, 3.8) is 0 Å². The van der Waals surface area contributed by atoms with E-state index < -0.39 is 0 Å². The Kier molecular flexibility index (Phi) is 4.11. The van der Waals surface area contributed by atoms with Gasteiger partial charge in [0.25, 0.3) is 0 Å². The molecule has 1 aromatic rings. The van der Waals surface area contributed by atoms with E-state index in [1.54, 1.807) is 0 Å². The highest BCUT2D eigenvalue weighted by Gasteiger charge is 2.21. The number of aryl methyl sites for hydroxylation is 2. The van der Waals surface area contributed by atoms with Gasteiger partial charge in [-0.2, -0.15) is 0 Å². The van der Waals surface area contributed by atoms with Gasteiger partial charge in [-0.15, -0.1) is 0 Å². The molecule has 0 radical (unpaired) electrons. The molecule has 1 aliphatic rings. The second-order valence-corrected chi connectivity index (χ2v) is 4.99. The Bertz CT molecular complexity index is 358. The molecule has 3 nitrogen and oxygen atoms in total. The third-order valence-corrected chi connectivity index (χ3v) is 3.71. The fraction of sp³-hybridized carbons (Fsp3) is 0.714. The molecular weight excluding hydrogens is 210 g/mol. The maximum Gasteiger partial charge on any atom is 0.131 e. The smallest absolute Gasteiger partial charge is 0.131 e. The molecule has 0 bridgehead atoms. The SMILES string of the molecule is CCNCc1c(C)nc(C2CCCC2)nc1C. The third-order valence-electron chi connectivity index (χ3n) is 3.71. The zero-order valence-corrected chi connectivity index (χ0v) is 11.2. The lowest BCUT2D eigenvalue weighted by atomic mass is 10.1. The molecule has 1 fully saturated rings. The van der Waals surface area contributed by atoms with Crippen LogP contribution in [-0.2, 0) is 6.54 Å². The number of nitrogens with zero attached hydrogens (tertiary/aromatic N) is 2. The predicted octanol–water partition coefficient (Wildman–Crippen LogP) is 2.86. The van der Waals surface area contributed by atoms with E-state index in [1.807, 2.05) is 0 Å². The zero-order valence-electron chi connectivity index (χ0n) is 11.2. The lowest BCUT2D eigenvalue weighted by Crippen LogP contribution is -2.16. The largest absolute Gasteiger partial charge is 0.313 e. The summed E-state index contributed by atoms with van der Waals surface area (Å²) >= 11 is 0. The van der Waals surface area contributed by atoms with Gasteiger partial charge in [0.15, 0.2) is 0 Å². The molecule has 1 N–H and O–H groups in total. The van der Waals surface area contributed by atoms with Crippen molar-refractivity contribution >= 4 is 0 Å². The van der Waals surface area contributed by atoms with E-state index in [-0.39, 0.29) is 0 Å². The number of nitrogens with one attached hydrogen (secondary N) is 1. The molecule has 2 rings (SSSR count). The van der Waals surface area contributed by atoms with Gasteiger partial charge in [-0.25, -0.2) is 9.97 Å². The minimum absolute atomic E-state index is 0.612. The normalized spacial score (nSPS) is 16.6. The summed E-state index contributed by atoms with van der Waals surface area (Å²) in [5.74, 6) is 1.69. The van der Waals surface area contributed by atoms with E-state index in [2.05, 4.69) is 26.1 Å². The fourth-order valence-corrected chi connectivity index (χ4v) is 2.64. The monoisotopic (exact) mass is 233 g/mol. The Morgan fingerprint density at radius 2 is 1.71 bits per heavy atom. The van der Waals surface area contributed by atoms with Crippen LogP contribution in [0, 0.1) is 13.8 Å². The van der Waals surface area contributed by atoms with E-state index >= 15 is 0 Å². The van der Waals surface area contributed by atoms with E-state index in [0.717, 1.165) is 30.3 Å². The minimum atomic E-state index is 0.612. The molecule has 0 amide bonds. The third kappa shape index (κ3) is 2.83. The van der Waals surface area contributed by atoms with Crippen molar-refractivity contribution < 1.29 is 0 Å². The van der Waals surface area contributed by atoms with Gasteiger partial charge in [0.2, 0.25) is 0 Å². The van der Waals surface area contributed by atoms with Crippen molar-refractivity contribution in [2.75, 3.05) is 6.54 Å². The van der Waals surface area contributed by atoms with Crippen molar-refractivity contribution in [2.24, 2.45) is 0 Å². The molecule has 1 aromatic heterocycles. The molecule has 3 heteroatoms. The number of aromatic nitrogens is 2. The topological polar surface area (TPSA) is 37.8 Å². The Balaban J connectivity index is 2.21. The summed E-state index contributed by atoms with van der Waals surface area (Å²) in [5.41, 5.74) is 3.58. The lowest BCUT2D eigenvalue weighted by molar-refractivity contribution is 0.646. The molecule has 17 heavy (non-hydrogen) atoms. The first-order valence-electron chi connectivity index (χ1n) is 6.77. The van der Waals surface area contributed by atoms with Gasteiger partial charge in [-0.3, -0.25) is 0 Å².